The predicted molar refractivity (Wildman–Crippen MR) is 64.2 cm³/mol. The summed E-state index contributed by atoms with van der Waals surface area (Å²) in [5.41, 5.74) is 2.06. The average molecular weight is 229 g/mol. The normalized spacial score (nSPS) is 15.0. The fraction of sp³-hybridized carbons (Fsp3) is 0.357. The molecule has 0 saturated heterocycles. The van der Waals surface area contributed by atoms with E-state index in [4.69, 9.17) is 4.42 Å². The quantitative estimate of drug-likeness (QED) is 0.793. The topological polar surface area (TPSA) is 35.1 Å². The van der Waals surface area contributed by atoms with Gasteiger partial charge >= 0.3 is 0 Å². The number of Topliss-reactive ketones (excluding diaryl/α,β-unsaturated/α-hetero) is 1. The van der Waals surface area contributed by atoms with E-state index in [1.54, 1.807) is 0 Å². The Labute approximate surface area is 100 Å². The van der Waals surface area contributed by atoms with Gasteiger partial charge in [0.05, 0.1) is 6.54 Å². The first-order chi connectivity index (χ1) is 8.24. The number of hydrogen-bond acceptors (Lipinski definition) is 2. The molecule has 0 unspecified atom stereocenters. The number of ketones is 1. The smallest absolute Gasteiger partial charge is 0.164 e. The summed E-state index contributed by atoms with van der Waals surface area (Å²) in [4.78, 5) is 11.7. The van der Waals surface area contributed by atoms with Gasteiger partial charge in [0, 0.05) is 23.9 Å². The fourth-order valence-electron chi connectivity index (χ4n) is 2.47. The van der Waals surface area contributed by atoms with Crippen LogP contribution < -0.4 is 0 Å². The predicted octanol–water partition coefficient (Wildman–Crippen LogP) is 2.96. The Morgan fingerprint density at radius 3 is 2.94 bits per heavy atom. The molecule has 2 heterocycles. The number of fused-ring (bicyclic) bond motifs is 1. The molecule has 0 fully saturated rings. The molecule has 0 aliphatic heterocycles. The molecular formula is C14H15NO2. The van der Waals surface area contributed by atoms with Crippen molar-refractivity contribution in [3.63, 3.8) is 0 Å². The lowest BCUT2D eigenvalue weighted by Gasteiger charge is -2.14. The summed E-state index contributed by atoms with van der Waals surface area (Å²) in [5.74, 6) is 2.15. The summed E-state index contributed by atoms with van der Waals surface area (Å²) in [6.45, 7) is 2.66. The minimum atomic E-state index is 0.278. The van der Waals surface area contributed by atoms with Crippen LogP contribution in [-0.2, 0) is 13.0 Å². The van der Waals surface area contributed by atoms with Crippen molar-refractivity contribution in [3.8, 4) is 0 Å². The van der Waals surface area contributed by atoms with Crippen molar-refractivity contribution in [2.45, 2.75) is 32.7 Å². The maximum absolute atomic E-state index is 11.7. The first-order valence-electron chi connectivity index (χ1n) is 6.00. The molecular weight excluding hydrogens is 214 g/mol. The van der Waals surface area contributed by atoms with E-state index >= 15 is 0 Å². The van der Waals surface area contributed by atoms with Gasteiger partial charge in [0.2, 0.25) is 0 Å². The number of carbonyl (C=O) groups is 1. The molecule has 1 aliphatic rings. The van der Waals surface area contributed by atoms with Crippen LogP contribution in [0.25, 0.3) is 0 Å². The highest BCUT2D eigenvalue weighted by Crippen LogP contribution is 2.23. The van der Waals surface area contributed by atoms with Crippen molar-refractivity contribution in [2.75, 3.05) is 0 Å². The van der Waals surface area contributed by atoms with Gasteiger partial charge in [-0.3, -0.25) is 4.79 Å². The maximum atomic E-state index is 11.7. The Hall–Kier alpha value is -1.77. The summed E-state index contributed by atoms with van der Waals surface area (Å²) in [6, 6.07) is 5.90. The van der Waals surface area contributed by atoms with E-state index in [1.807, 2.05) is 31.3 Å². The minimum absolute atomic E-state index is 0.278. The molecule has 3 rings (SSSR count). The molecule has 0 bridgehead atoms. The van der Waals surface area contributed by atoms with Crippen molar-refractivity contribution in [3.05, 3.63) is 47.2 Å². The maximum Gasteiger partial charge on any atom is 0.164 e. The zero-order valence-corrected chi connectivity index (χ0v) is 9.90. The van der Waals surface area contributed by atoms with Crippen molar-refractivity contribution < 1.29 is 9.21 Å². The van der Waals surface area contributed by atoms with Crippen LogP contribution in [0.2, 0.25) is 0 Å². The summed E-state index contributed by atoms with van der Waals surface area (Å²) >= 11 is 0. The SMILES string of the molecule is Cc1ccc(Cn2ccc3c2CCCC3=O)o1. The lowest BCUT2D eigenvalue weighted by atomic mass is 9.97. The van der Waals surface area contributed by atoms with Gasteiger partial charge in [0.15, 0.2) is 5.78 Å². The Bertz CT molecular complexity index is 563. The third kappa shape index (κ3) is 1.82. The molecule has 0 amide bonds. The lowest BCUT2D eigenvalue weighted by Crippen LogP contribution is -2.13. The zero-order valence-electron chi connectivity index (χ0n) is 9.90. The molecule has 0 saturated carbocycles. The van der Waals surface area contributed by atoms with Crippen LogP contribution in [0, 0.1) is 6.92 Å². The van der Waals surface area contributed by atoms with Crippen LogP contribution in [0.5, 0.6) is 0 Å². The molecule has 17 heavy (non-hydrogen) atoms. The molecule has 0 atom stereocenters. The number of carbonyl (C=O) groups excluding carboxylic acids is 1. The number of nitrogens with zero attached hydrogens (tertiary/aromatic N) is 1. The molecule has 88 valence electrons. The lowest BCUT2D eigenvalue weighted by molar-refractivity contribution is 0.0971. The van der Waals surface area contributed by atoms with Crippen molar-refractivity contribution in [2.24, 2.45) is 0 Å². The van der Waals surface area contributed by atoms with Crippen LogP contribution in [0.3, 0.4) is 0 Å². The second-order valence-electron chi connectivity index (χ2n) is 4.59. The standard InChI is InChI=1S/C14H15NO2/c1-10-5-6-11(17-10)9-15-8-7-12-13(15)3-2-4-14(12)16/h5-8H,2-4,9H2,1H3. The number of hydrogen-bond donors (Lipinski definition) is 0. The van der Waals surface area contributed by atoms with Gasteiger partial charge in [-0.1, -0.05) is 0 Å². The van der Waals surface area contributed by atoms with Crippen LogP contribution in [0.1, 0.15) is 40.4 Å². The van der Waals surface area contributed by atoms with Gasteiger partial charge in [-0.15, -0.1) is 0 Å². The van der Waals surface area contributed by atoms with Crippen LogP contribution in [0.4, 0.5) is 0 Å². The van der Waals surface area contributed by atoms with Gasteiger partial charge < -0.3 is 8.98 Å². The first kappa shape index (κ1) is 10.4. The first-order valence-corrected chi connectivity index (χ1v) is 6.00. The van der Waals surface area contributed by atoms with E-state index in [2.05, 4.69) is 4.57 Å². The molecule has 3 nitrogen and oxygen atoms in total. The zero-order chi connectivity index (χ0) is 11.8. The Balaban J connectivity index is 1.91. The van der Waals surface area contributed by atoms with E-state index in [-0.39, 0.29) is 5.78 Å². The Morgan fingerprint density at radius 1 is 1.29 bits per heavy atom. The van der Waals surface area contributed by atoms with Crippen molar-refractivity contribution >= 4 is 5.78 Å². The van der Waals surface area contributed by atoms with Crippen molar-refractivity contribution in [1.82, 2.24) is 4.57 Å². The van der Waals surface area contributed by atoms with Crippen LogP contribution in [-0.4, -0.2) is 10.4 Å². The molecule has 0 radical (unpaired) electrons. The number of furan rings is 1. The van der Waals surface area contributed by atoms with E-state index in [0.717, 1.165) is 42.2 Å². The van der Waals surface area contributed by atoms with Crippen molar-refractivity contribution in [1.29, 1.82) is 0 Å². The Morgan fingerprint density at radius 2 is 2.18 bits per heavy atom. The molecule has 1 aliphatic carbocycles. The number of rotatable bonds is 2. The Kier molecular flexibility index (Phi) is 2.39. The van der Waals surface area contributed by atoms with E-state index in [1.165, 1.54) is 0 Å². The molecule has 0 spiro atoms. The minimum Gasteiger partial charge on any atom is -0.464 e. The largest absolute Gasteiger partial charge is 0.464 e. The van der Waals surface area contributed by atoms with Crippen LogP contribution in [0.15, 0.2) is 28.8 Å². The van der Waals surface area contributed by atoms with Gasteiger partial charge in [-0.05, 0) is 38.0 Å². The van der Waals surface area contributed by atoms with Crippen LogP contribution >= 0.6 is 0 Å². The second-order valence-corrected chi connectivity index (χ2v) is 4.59. The molecule has 0 aromatic carbocycles. The van der Waals surface area contributed by atoms with E-state index in [9.17, 15) is 4.79 Å². The number of aryl methyl sites for hydroxylation is 1. The second kappa shape index (κ2) is 3.91. The fourth-order valence-corrected chi connectivity index (χ4v) is 2.47. The summed E-state index contributed by atoms with van der Waals surface area (Å²) in [6.07, 6.45) is 4.64. The molecule has 3 heteroatoms. The van der Waals surface area contributed by atoms with Gasteiger partial charge in [-0.2, -0.15) is 0 Å². The summed E-state index contributed by atoms with van der Waals surface area (Å²) in [7, 11) is 0. The third-order valence-electron chi connectivity index (χ3n) is 3.32. The third-order valence-corrected chi connectivity index (χ3v) is 3.32. The van der Waals surface area contributed by atoms with Gasteiger partial charge in [0.25, 0.3) is 0 Å². The number of aromatic nitrogens is 1. The van der Waals surface area contributed by atoms with E-state index in [0.29, 0.717) is 6.42 Å². The van der Waals surface area contributed by atoms with Gasteiger partial charge in [0.1, 0.15) is 11.5 Å². The molecule has 2 aromatic rings. The summed E-state index contributed by atoms with van der Waals surface area (Å²) < 4.78 is 7.70. The average Bonchev–Trinajstić information content (AvgIpc) is 2.88. The molecule has 2 aromatic heterocycles. The highest BCUT2D eigenvalue weighted by Gasteiger charge is 2.20. The highest BCUT2D eigenvalue weighted by atomic mass is 16.3. The van der Waals surface area contributed by atoms with Gasteiger partial charge in [-0.25, -0.2) is 0 Å². The monoisotopic (exact) mass is 229 g/mol. The van der Waals surface area contributed by atoms with E-state index < -0.39 is 0 Å². The highest BCUT2D eigenvalue weighted by molar-refractivity contribution is 5.98. The molecule has 0 N–H and O–H groups in total. The summed E-state index contributed by atoms with van der Waals surface area (Å²) in [5, 5.41) is 0.